The highest BCUT2D eigenvalue weighted by Crippen LogP contribution is 2.45. The van der Waals surface area contributed by atoms with Crippen LogP contribution in [0.1, 0.15) is 62.3 Å². The number of rotatable bonds is 3. The van der Waals surface area contributed by atoms with Crippen molar-refractivity contribution in [1.29, 1.82) is 0 Å². The maximum Gasteiger partial charge on any atom is 0.0452 e. The van der Waals surface area contributed by atoms with Gasteiger partial charge in [0.25, 0.3) is 0 Å². The van der Waals surface area contributed by atoms with Crippen LogP contribution in [0.3, 0.4) is 0 Å². The molecule has 0 bridgehead atoms. The van der Waals surface area contributed by atoms with Crippen LogP contribution in [-0.4, -0.2) is 7.05 Å². The average molecular weight is 358 g/mol. The summed E-state index contributed by atoms with van der Waals surface area (Å²) >= 11 is 5.68. The van der Waals surface area contributed by atoms with Gasteiger partial charge in [-0.3, -0.25) is 0 Å². The second-order valence-corrected chi connectivity index (χ2v) is 9.46. The van der Waals surface area contributed by atoms with Crippen molar-refractivity contribution >= 4 is 27.3 Å². The van der Waals surface area contributed by atoms with Gasteiger partial charge >= 0.3 is 0 Å². The molecule has 0 aliphatic heterocycles. The second kappa shape index (κ2) is 6.50. The summed E-state index contributed by atoms with van der Waals surface area (Å²) in [5, 5.41) is 3.58. The summed E-state index contributed by atoms with van der Waals surface area (Å²) in [5.74, 6) is 1.68. The molecule has 0 saturated heterocycles. The molecule has 1 N–H and O–H groups in total. The topological polar surface area (TPSA) is 12.0 Å². The van der Waals surface area contributed by atoms with Crippen LogP contribution in [0.25, 0.3) is 0 Å². The van der Waals surface area contributed by atoms with E-state index in [1.165, 1.54) is 39.9 Å². The Hall–Kier alpha value is 0.140. The van der Waals surface area contributed by atoms with Gasteiger partial charge in [-0.2, -0.15) is 0 Å². The SMILES string of the molecule is CNC(c1sc(C)cc1Br)C1CCC(C(C)(C)C)CC1. The molecule has 1 heterocycles. The minimum absolute atomic E-state index is 0.472. The molecule has 0 aromatic carbocycles. The summed E-state index contributed by atoms with van der Waals surface area (Å²) in [6.45, 7) is 9.38. The molecule has 1 aliphatic carbocycles. The summed E-state index contributed by atoms with van der Waals surface area (Å²) < 4.78 is 1.29. The third-order valence-corrected chi connectivity index (χ3v) is 6.95. The van der Waals surface area contributed by atoms with Crippen molar-refractivity contribution in [1.82, 2.24) is 5.32 Å². The Balaban J connectivity index is 2.06. The Morgan fingerprint density at radius 3 is 2.25 bits per heavy atom. The van der Waals surface area contributed by atoms with Crippen LogP contribution in [0.2, 0.25) is 0 Å². The lowest BCUT2D eigenvalue weighted by atomic mass is 9.68. The minimum atomic E-state index is 0.472. The van der Waals surface area contributed by atoms with E-state index in [0.29, 0.717) is 11.5 Å². The van der Waals surface area contributed by atoms with Crippen molar-refractivity contribution in [2.24, 2.45) is 17.3 Å². The van der Waals surface area contributed by atoms with E-state index in [9.17, 15) is 0 Å². The Morgan fingerprint density at radius 1 is 1.25 bits per heavy atom. The predicted octanol–water partition coefficient (Wildman–Crippen LogP) is 5.93. The monoisotopic (exact) mass is 357 g/mol. The molecular formula is C17H28BrNS. The van der Waals surface area contributed by atoms with E-state index in [1.807, 2.05) is 11.3 Å². The number of hydrogen-bond acceptors (Lipinski definition) is 2. The van der Waals surface area contributed by atoms with Crippen LogP contribution < -0.4 is 5.32 Å². The second-order valence-electron chi connectivity index (χ2n) is 7.31. The molecule has 1 aromatic rings. The minimum Gasteiger partial charge on any atom is -0.312 e. The van der Waals surface area contributed by atoms with Crippen molar-refractivity contribution in [3.63, 3.8) is 0 Å². The van der Waals surface area contributed by atoms with Crippen molar-refractivity contribution in [2.75, 3.05) is 7.05 Å². The first kappa shape index (κ1) is 16.5. The summed E-state index contributed by atoms with van der Waals surface area (Å²) in [4.78, 5) is 2.89. The van der Waals surface area contributed by atoms with Crippen LogP contribution in [-0.2, 0) is 0 Å². The molecule has 1 atom stereocenters. The van der Waals surface area contributed by atoms with Crippen LogP contribution in [0, 0.1) is 24.2 Å². The summed E-state index contributed by atoms with van der Waals surface area (Å²) in [6, 6.07) is 2.77. The fourth-order valence-corrected chi connectivity index (χ4v) is 5.71. The van der Waals surface area contributed by atoms with Gasteiger partial charge in [0.05, 0.1) is 0 Å². The normalized spacial score (nSPS) is 25.7. The maximum absolute atomic E-state index is 3.74. The fraction of sp³-hybridized carbons (Fsp3) is 0.765. The van der Waals surface area contributed by atoms with Crippen LogP contribution in [0.15, 0.2) is 10.5 Å². The highest BCUT2D eigenvalue weighted by atomic mass is 79.9. The van der Waals surface area contributed by atoms with Crippen LogP contribution in [0.5, 0.6) is 0 Å². The van der Waals surface area contributed by atoms with E-state index in [0.717, 1.165) is 11.8 Å². The zero-order chi connectivity index (χ0) is 14.9. The number of hydrogen-bond donors (Lipinski definition) is 1. The van der Waals surface area contributed by atoms with Crippen molar-refractivity contribution < 1.29 is 0 Å². The largest absolute Gasteiger partial charge is 0.312 e. The molecule has 0 radical (unpaired) electrons. The van der Waals surface area contributed by atoms with Gasteiger partial charge in [0.15, 0.2) is 0 Å². The van der Waals surface area contributed by atoms with Gasteiger partial charge in [-0.05, 0) is 78.9 Å². The lowest BCUT2D eigenvalue weighted by Gasteiger charge is -2.39. The molecule has 1 saturated carbocycles. The van der Waals surface area contributed by atoms with Gasteiger partial charge in [-0.15, -0.1) is 11.3 Å². The summed E-state index contributed by atoms with van der Waals surface area (Å²) in [6.07, 6.45) is 5.48. The quantitative estimate of drug-likeness (QED) is 0.706. The van der Waals surface area contributed by atoms with E-state index < -0.39 is 0 Å². The fourth-order valence-electron chi connectivity index (χ4n) is 3.61. The lowest BCUT2D eigenvalue weighted by Crippen LogP contribution is -2.32. The molecule has 114 valence electrons. The Labute approximate surface area is 136 Å². The molecule has 1 aromatic heterocycles. The number of halogens is 1. The molecule has 20 heavy (non-hydrogen) atoms. The average Bonchev–Trinajstić information content (AvgIpc) is 2.69. The molecule has 0 amide bonds. The van der Waals surface area contributed by atoms with Gasteiger partial charge in [0, 0.05) is 20.3 Å². The number of nitrogens with one attached hydrogen (secondary N) is 1. The maximum atomic E-state index is 3.74. The highest BCUT2D eigenvalue weighted by molar-refractivity contribution is 9.10. The van der Waals surface area contributed by atoms with Gasteiger partial charge in [-0.25, -0.2) is 0 Å². The Morgan fingerprint density at radius 2 is 1.85 bits per heavy atom. The zero-order valence-corrected chi connectivity index (χ0v) is 15.8. The molecule has 1 aliphatic rings. The molecule has 1 nitrogen and oxygen atoms in total. The number of aryl methyl sites for hydroxylation is 1. The van der Waals surface area contributed by atoms with E-state index in [2.05, 4.69) is 62.1 Å². The summed E-state index contributed by atoms with van der Waals surface area (Å²) in [7, 11) is 2.11. The molecule has 1 unspecified atom stereocenters. The van der Waals surface area contributed by atoms with Gasteiger partial charge < -0.3 is 5.32 Å². The van der Waals surface area contributed by atoms with E-state index >= 15 is 0 Å². The van der Waals surface area contributed by atoms with Gasteiger partial charge in [0.2, 0.25) is 0 Å². The first-order valence-electron chi connectivity index (χ1n) is 7.76. The van der Waals surface area contributed by atoms with Gasteiger partial charge in [-0.1, -0.05) is 20.8 Å². The first-order valence-corrected chi connectivity index (χ1v) is 9.37. The molecular weight excluding hydrogens is 330 g/mol. The van der Waals surface area contributed by atoms with E-state index in [1.54, 1.807) is 0 Å². The third-order valence-electron chi connectivity index (χ3n) is 4.90. The van der Waals surface area contributed by atoms with Crippen molar-refractivity contribution in [3.05, 3.63) is 20.3 Å². The zero-order valence-electron chi connectivity index (χ0n) is 13.4. The third kappa shape index (κ3) is 3.66. The van der Waals surface area contributed by atoms with Crippen LogP contribution >= 0.6 is 27.3 Å². The number of thiophene rings is 1. The highest BCUT2D eigenvalue weighted by Gasteiger charge is 2.33. The van der Waals surface area contributed by atoms with E-state index in [4.69, 9.17) is 0 Å². The Bertz CT molecular complexity index is 438. The van der Waals surface area contributed by atoms with Crippen molar-refractivity contribution in [3.8, 4) is 0 Å². The smallest absolute Gasteiger partial charge is 0.0452 e. The van der Waals surface area contributed by atoms with Crippen molar-refractivity contribution in [2.45, 2.75) is 59.4 Å². The molecule has 2 rings (SSSR count). The predicted molar refractivity (Wildman–Crippen MR) is 93.5 cm³/mol. The Kier molecular flexibility index (Phi) is 5.36. The van der Waals surface area contributed by atoms with E-state index in [-0.39, 0.29) is 0 Å². The van der Waals surface area contributed by atoms with Gasteiger partial charge in [0.1, 0.15) is 0 Å². The molecule has 3 heteroatoms. The standard InChI is InChI=1S/C17H28BrNS/c1-11-10-14(18)16(20-11)15(19-5)12-6-8-13(9-7-12)17(2,3)4/h10,12-13,15,19H,6-9H2,1-5H3. The summed E-state index contributed by atoms with van der Waals surface area (Å²) in [5.41, 5.74) is 0.472. The molecule has 1 fully saturated rings. The first-order chi connectivity index (χ1) is 9.32. The van der Waals surface area contributed by atoms with Crippen LogP contribution in [0.4, 0.5) is 0 Å². The molecule has 0 spiro atoms. The lowest BCUT2D eigenvalue weighted by molar-refractivity contribution is 0.135.